The minimum absolute atomic E-state index is 0.00736. The Labute approximate surface area is 104 Å². The summed E-state index contributed by atoms with van der Waals surface area (Å²) in [5, 5.41) is 2.93. The third kappa shape index (κ3) is 6.14. The van der Waals surface area contributed by atoms with Crippen LogP contribution in [0.3, 0.4) is 0 Å². The molecule has 0 fully saturated rings. The van der Waals surface area contributed by atoms with Crippen molar-refractivity contribution in [1.29, 1.82) is 0 Å². The van der Waals surface area contributed by atoms with Gasteiger partial charge in [-0.2, -0.15) is 13.2 Å². The molecular formula is C9H9F3INS. The van der Waals surface area contributed by atoms with E-state index >= 15 is 0 Å². The molecule has 0 saturated heterocycles. The first-order chi connectivity index (χ1) is 6.97. The molecule has 0 amide bonds. The summed E-state index contributed by atoms with van der Waals surface area (Å²) in [6, 6.07) is 7.51. The molecule has 0 saturated carbocycles. The molecule has 1 N–H and O–H groups in total. The van der Waals surface area contributed by atoms with Gasteiger partial charge in [0.2, 0.25) is 0 Å². The molecule has 0 aliphatic rings. The van der Waals surface area contributed by atoms with Gasteiger partial charge in [-0.1, -0.05) is 6.07 Å². The zero-order chi connectivity index (χ0) is 11.3. The van der Waals surface area contributed by atoms with Crippen LogP contribution in [0.4, 0.5) is 18.9 Å². The monoisotopic (exact) mass is 347 g/mol. The highest BCUT2D eigenvalue weighted by molar-refractivity contribution is 14.1. The Kier molecular flexibility index (Phi) is 5.04. The smallest absolute Gasteiger partial charge is 0.384 e. The minimum Gasteiger partial charge on any atom is -0.384 e. The van der Waals surface area contributed by atoms with E-state index in [2.05, 4.69) is 27.9 Å². The molecule has 1 aromatic carbocycles. The van der Waals surface area contributed by atoms with E-state index in [-0.39, 0.29) is 17.5 Å². The number of rotatable bonds is 4. The number of thioether (sulfide) groups is 1. The summed E-state index contributed by atoms with van der Waals surface area (Å²) in [6.45, 7) is 0.310. The topological polar surface area (TPSA) is 12.0 Å². The first-order valence-electron chi connectivity index (χ1n) is 4.17. The molecule has 0 spiro atoms. The van der Waals surface area contributed by atoms with E-state index in [1.54, 1.807) is 0 Å². The summed E-state index contributed by atoms with van der Waals surface area (Å²) in [5.41, 5.74) is -3.28. The third-order valence-electron chi connectivity index (χ3n) is 1.52. The van der Waals surface area contributed by atoms with Crippen LogP contribution in [0, 0.1) is 3.57 Å². The van der Waals surface area contributed by atoms with Crippen molar-refractivity contribution in [3.05, 3.63) is 27.8 Å². The van der Waals surface area contributed by atoms with Gasteiger partial charge in [0.05, 0.1) is 0 Å². The second-order valence-corrected chi connectivity index (χ2v) is 5.14. The summed E-state index contributed by atoms with van der Waals surface area (Å²) in [5.74, 6) is 0.0228. The van der Waals surface area contributed by atoms with Crippen LogP contribution in [0.1, 0.15) is 0 Å². The molecule has 0 aliphatic heterocycles. The average Bonchev–Trinajstić information content (AvgIpc) is 2.11. The summed E-state index contributed by atoms with van der Waals surface area (Å²) in [6.07, 6.45) is 0. The van der Waals surface area contributed by atoms with Gasteiger partial charge in [0.25, 0.3) is 0 Å². The van der Waals surface area contributed by atoms with E-state index in [1.165, 1.54) is 0 Å². The lowest BCUT2D eigenvalue weighted by atomic mass is 10.3. The van der Waals surface area contributed by atoms with Gasteiger partial charge >= 0.3 is 5.51 Å². The maximum Gasteiger partial charge on any atom is 0.441 e. The van der Waals surface area contributed by atoms with Gasteiger partial charge in [-0.25, -0.2) is 0 Å². The fraction of sp³-hybridized carbons (Fsp3) is 0.333. The number of benzene rings is 1. The number of nitrogens with one attached hydrogen (secondary N) is 1. The van der Waals surface area contributed by atoms with E-state index < -0.39 is 5.51 Å². The van der Waals surface area contributed by atoms with E-state index in [4.69, 9.17) is 0 Å². The van der Waals surface area contributed by atoms with E-state index in [1.807, 2.05) is 24.3 Å². The molecule has 1 nitrogen and oxygen atoms in total. The number of hydrogen-bond donors (Lipinski definition) is 1. The van der Waals surface area contributed by atoms with Crippen LogP contribution in [0.5, 0.6) is 0 Å². The Hall–Kier alpha value is -0.110. The van der Waals surface area contributed by atoms with Gasteiger partial charge in [0.15, 0.2) is 0 Å². The SMILES string of the molecule is FC(F)(F)SCCNc1cccc(I)c1. The Balaban J connectivity index is 2.26. The molecule has 6 heteroatoms. The molecule has 0 atom stereocenters. The summed E-state index contributed by atoms with van der Waals surface area (Å²) in [7, 11) is 0. The molecule has 1 rings (SSSR count). The number of hydrogen-bond acceptors (Lipinski definition) is 2. The molecule has 1 aromatic rings. The predicted octanol–water partition coefficient (Wildman–Crippen LogP) is 3.96. The summed E-state index contributed by atoms with van der Waals surface area (Å²) in [4.78, 5) is 0. The van der Waals surface area contributed by atoms with Crippen molar-refractivity contribution in [2.75, 3.05) is 17.6 Å². The fourth-order valence-corrected chi connectivity index (χ4v) is 1.94. The number of alkyl halides is 3. The molecule has 0 bridgehead atoms. The van der Waals surface area contributed by atoms with Gasteiger partial charge in [0.1, 0.15) is 0 Å². The first kappa shape index (κ1) is 13.0. The van der Waals surface area contributed by atoms with Gasteiger partial charge < -0.3 is 5.32 Å². The van der Waals surface area contributed by atoms with Gasteiger partial charge in [-0.3, -0.25) is 0 Å². The highest BCUT2D eigenvalue weighted by atomic mass is 127. The predicted molar refractivity (Wildman–Crippen MR) is 66.2 cm³/mol. The van der Waals surface area contributed by atoms with Crippen LogP contribution in [0.2, 0.25) is 0 Å². The molecule has 0 aliphatic carbocycles. The summed E-state index contributed by atoms with van der Waals surface area (Å²) >= 11 is 2.15. The van der Waals surface area contributed by atoms with Crippen molar-refractivity contribution in [2.45, 2.75) is 5.51 Å². The first-order valence-corrected chi connectivity index (χ1v) is 6.24. The maximum atomic E-state index is 11.8. The van der Waals surface area contributed by atoms with Gasteiger partial charge in [-0.05, 0) is 52.6 Å². The molecule has 0 heterocycles. The fourth-order valence-electron chi connectivity index (χ4n) is 0.961. The molecule has 0 aromatic heterocycles. The largest absolute Gasteiger partial charge is 0.441 e. The van der Waals surface area contributed by atoms with E-state index in [0.29, 0.717) is 6.54 Å². The van der Waals surface area contributed by atoms with Crippen LogP contribution in [-0.4, -0.2) is 17.8 Å². The Morgan fingerprint density at radius 3 is 2.67 bits per heavy atom. The Morgan fingerprint density at radius 2 is 2.07 bits per heavy atom. The number of halogens is 4. The van der Waals surface area contributed by atoms with Crippen molar-refractivity contribution >= 4 is 40.0 Å². The molecule has 0 unspecified atom stereocenters. The zero-order valence-corrected chi connectivity index (χ0v) is 10.6. The third-order valence-corrected chi connectivity index (χ3v) is 2.93. The van der Waals surface area contributed by atoms with Crippen molar-refractivity contribution < 1.29 is 13.2 Å². The van der Waals surface area contributed by atoms with Crippen molar-refractivity contribution in [1.82, 2.24) is 0 Å². The van der Waals surface area contributed by atoms with Gasteiger partial charge in [-0.15, -0.1) is 0 Å². The van der Waals surface area contributed by atoms with Crippen molar-refractivity contribution in [2.24, 2.45) is 0 Å². The van der Waals surface area contributed by atoms with Crippen molar-refractivity contribution in [3.63, 3.8) is 0 Å². The second-order valence-electron chi connectivity index (χ2n) is 2.73. The summed E-state index contributed by atoms with van der Waals surface area (Å²) < 4.78 is 36.4. The number of anilines is 1. The van der Waals surface area contributed by atoms with Crippen LogP contribution < -0.4 is 5.32 Å². The lowest BCUT2D eigenvalue weighted by Gasteiger charge is -2.08. The van der Waals surface area contributed by atoms with Crippen LogP contribution >= 0.6 is 34.4 Å². The van der Waals surface area contributed by atoms with Crippen LogP contribution in [0.15, 0.2) is 24.3 Å². The molecular weight excluding hydrogens is 338 g/mol. The van der Waals surface area contributed by atoms with Crippen molar-refractivity contribution in [3.8, 4) is 0 Å². The van der Waals surface area contributed by atoms with Gasteiger partial charge in [0, 0.05) is 21.6 Å². The lowest BCUT2D eigenvalue weighted by molar-refractivity contribution is -0.0327. The molecule has 0 radical (unpaired) electrons. The molecule has 84 valence electrons. The average molecular weight is 347 g/mol. The zero-order valence-electron chi connectivity index (χ0n) is 7.64. The highest BCUT2D eigenvalue weighted by Crippen LogP contribution is 2.29. The minimum atomic E-state index is -4.13. The Bertz CT molecular complexity index is 316. The van der Waals surface area contributed by atoms with Crippen LogP contribution in [-0.2, 0) is 0 Å². The van der Waals surface area contributed by atoms with E-state index in [9.17, 15) is 13.2 Å². The lowest BCUT2D eigenvalue weighted by Crippen LogP contribution is -2.09. The second kappa shape index (κ2) is 5.83. The Morgan fingerprint density at radius 1 is 1.33 bits per heavy atom. The standard InChI is InChI=1S/C9H9F3INS/c10-9(11,12)15-5-4-14-8-3-1-2-7(13)6-8/h1-3,6,14H,4-5H2. The molecule has 15 heavy (non-hydrogen) atoms. The quantitative estimate of drug-likeness (QED) is 0.654. The van der Waals surface area contributed by atoms with E-state index in [0.717, 1.165) is 9.26 Å². The highest BCUT2D eigenvalue weighted by Gasteiger charge is 2.27. The maximum absolute atomic E-state index is 11.8. The van der Waals surface area contributed by atoms with Crippen LogP contribution in [0.25, 0.3) is 0 Å². The normalized spacial score (nSPS) is 11.5.